The van der Waals surface area contributed by atoms with Crippen LogP contribution in [0.5, 0.6) is 0 Å². The highest BCUT2D eigenvalue weighted by molar-refractivity contribution is 5.97. The minimum Gasteiger partial charge on any atom is -0.335 e. The maximum Gasteiger partial charge on any atom is 0.264 e. The molecule has 0 aromatic carbocycles. The largest absolute Gasteiger partial charge is 0.335 e. The van der Waals surface area contributed by atoms with Crippen molar-refractivity contribution in [2.45, 2.75) is 19.0 Å². The van der Waals surface area contributed by atoms with E-state index in [1.165, 1.54) is 0 Å². The van der Waals surface area contributed by atoms with Crippen LogP contribution in [0.25, 0.3) is 0 Å². The first-order chi connectivity index (χ1) is 8.78. The number of nitrogens with one attached hydrogen (secondary N) is 1. The Kier molecular flexibility index (Phi) is 3.06. The highest BCUT2D eigenvalue weighted by Crippen LogP contribution is 2.31. The SMILES string of the molecule is N#C/C(=C\C1CC1)C(=O)N1CCN(C2CN2)CC1. The first-order valence-electron chi connectivity index (χ1n) is 6.66. The van der Waals surface area contributed by atoms with Gasteiger partial charge < -0.3 is 4.90 Å². The predicted molar refractivity (Wildman–Crippen MR) is 66.4 cm³/mol. The molecule has 18 heavy (non-hydrogen) atoms. The molecule has 0 spiro atoms. The van der Waals surface area contributed by atoms with Crippen LogP contribution in [0.3, 0.4) is 0 Å². The Morgan fingerprint density at radius 3 is 2.44 bits per heavy atom. The average Bonchev–Trinajstić information content (AvgIpc) is 3.29. The van der Waals surface area contributed by atoms with Crippen molar-refractivity contribution in [2.75, 3.05) is 32.7 Å². The van der Waals surface area contributed by atoms with Gasteiger partial charge in [-0.3, -0.25) is 15.0 Å². The van der Waals surface area contributed by atoms with Crippen molar-refractivity contribution in [3.63, 3.8) is 0 Å². The van der Waals surface area contributed by atoms with Gasteiger partial charge in [0.2, 0.25) is 0 Å². The van der Waals surface area contributed by atoms with E-state index in [-0.39, 0.29) is 5.91 Å². The second kappa shape index (κ2) is 4.71. The summed E-state index contributed by atoms with van der Waals surface area (Å²) in [5.41, 5.74) is 0.343. The quantitative estimate of drug-likeness (QED) is 0.429. The summed E-state index contributed by atoms with van der Waals surface area (Å²) in [6.07, 6.45) is 4.63. The third kappa shape index (κ3) is 2.55. The molecule has 1 N–H and O–H groups in total. The summed E-state index contributed by atoms with van der Waals surface area (Å²) in [7, 11) is 0. The molecule has 2 heterocycles. The number of allylic oxidation sites excluding steroid dienone is 1. The molecule has 1 unspecified atom stereocenters. The van der Waals surface area contributed by atoms with Crippen molar-refractivity contribution in [3.8, 4) is 6.07 Å². The zero-order valence-corrected chi connectivity index (χ0v) is 10.4. The van der Waals surface area contributed by atoms with Crippen molar-refractivity contribution in [2.24, 2.45) is 5.92 Å². The summed E-state index contributed by atoms with van der Waals surface area (Å²) in [6.45, 7) is 4.36. The smallest absolute Gasteiger partial charge is 0.264 e. The Bertz CT molecular complexity index is 409. The van der Waals surface area contributed by atoms with Crippen LogP contribution in [-0.2, 0) is 4.79 Å². The van der Waals surface area contributed by atoms with Gasteiger partial charge in [-0.05, 0) is 18.8 Å². The number of carbonyl (C=O) groups is 1. The molecule has 0 aromatic rings. The Morgan fingerprint density at radius 2 is 1.94 bits per heavy atom. The minimum atomic E-state index is -0.0761. The Morgan fingerprint density at radius 1 is 1.28 bits per heavy atom. The molecule has 0 aromatic heterocycles. The normalized spacial score (nSPS) is 28.9. The van der Waals surface area contributed by atoms with E-state index < -0.39 is 0 Å². The summed E-state index contributed by atoms with van der Waals surface area (Å²) < 4.78 is 0. The van der Waals surface area contributed by atoms with Crippen LogP contribution >= 0.6 is 0 Å². The van der Waals surface area contributed by atoms with Crippen LogP contribution in [0, 0.1) is 17.2 Å². The molecule has 5 nitrogen and oxygen atoms in total. The fourth-order valence-electron chi connectivity index (χ4n) is 2.37. The van der Waals surface area contributed by atoms with Crippen LogP contribution in [-0.4, -0.2) is 54.6 Å². The number of rotatable bonds is 3. The maximum atomic E-state index is 12.2. The summed E-state index contributed by atoms with van der Waals surface area (Å²) in [6, 6.07) is 2.06. The van der Waals surface area contributed by atoms with Gasteiger partial charge in [-0.1, -0.05) is 6.08 Å². The highest BCUT2D eigenvalue weighted by atomic mass is 16.2. The number of hydrogen-bond acceptors (Lipinski definition) is 4. The lowest BCUT2D eigenvalue weighted by Gasteiger charge is -2.34. The molecule has 1 amide bonds. The van der Waals surface area contributed by atoms with Crippen LogP contribution in [0.15, 0.2) is 11.6 Å². The molecular weight excluding hydrogens is 228 g/mol. The van der Waals surface area contributed by atoms with Gasteiger partial charge in [0, 0.05) is 32.7 Å². The second-order valence-corrected chi connectivity index (χ2v) is 5.28. The molecule has 3 rings (SSSR count). The van der Waals surface area contributed by atoms with Crippen molar-refractivity contribution in [1.82, 2.24) is 15.1 Å². The van der Waals surface area contributed by atoms with E-state index in [0.717, 1.165) is 45.6 Å². The van der Waals surface area contributed by atoms with Crippen molar-refractivity contribution in [3.05, 3.63) is 11.6 Å². The zero-order valence-electron chi connectivity index (χ0n) is 10.4. The number of amides is 1. The van der Waals surface area contributed by atoms with Gasteiger partial charge in [-0.15, -0.1) is 0 Å². The lowest BCUT2D eigenvalue weighted by molar-refractivity contribution is -0.128. The van der Waals surface area contributed by atoms with Crippen molar-refractivity contribution < 1.29 is 4.79 Å². The molecule has 0 bridgehead atoms. The number of piperazine rings is 1. The highest BCUT2D eigenvalue weighted by Gasteiger charge is 2.32. The predicted octanol–water partition coefficient (Wildman–Crippen LogP) is -0.0801. The molecule has 5 heteroatoms. The zero-order chi connectivity index (χ0) is 12.5. The van der Waals surface area contributed by atoms with Crippen LogP contribution in [0.4, 0.5) is 0 Å². The molecule has 96 valence electrons. The fourth-order valence-corrected chi connectivity index (χ4v) is 2.37. The summed E-state index contributed by atoms with van der Waals surface area (Å²) >= 11 is 0. The van der Waals surface area contributed by atoms with E-state index >= 15 is 0 Å². The number of nitriles is 1. The molecule has 0 radical (unpaired) electrons. The maximum absolute atomic E-state index is 12.2. The van der Waals surface area contributed by atoms with E-state index in [0.29, 0.717) is 17.7 Å². The first-order valence-corrected chi connectivity index (χ1v) is 6.66. The lowest BCUT2D eigenvalue weighted by atomic mass is 10.2. The third-order valence-corrected chi connectivity index (χ3v) is 3.80. The monoisotopic (exact) mass is 246 g/mol. The van der Waals surface area contributed by atoms with E-state index in [2.05, 4.69) is 16.3 Å². The van der Waals surface area contributed by atoms with Gasteiger partial charge in [-0.25, -0.2) is 0 Å². The first kappa shape index (κ1) is 11.7. The van der Waals surface area contributed by atoms with E-state index in [1.807, 2.05) is 11.0 Å². The van der Waals surface area contributed by atoms with Crippen molar-refractivity contribution >= 4 is 5.91 Å². The van der Waals surface area contributed by atoms with Gasteiger partial charge in [0.1, 0.15) is 11.6 Å². The Hall–Kier alpha value is -1.38. The van der Waals surface area contributed by atoms with E-state index in [1.54, 1.807) is 0 Å². The molecule has 1 atom stereocenters. The van der Waals surface area contributed by atoms with Gasteiger partial charge in [-0.2, -0.15) is 5.26 Å². The molecule has 3 fully saturated rings. The van der Waals surface area contributed by atoms with Gasteiger partial charge >= 0.3 is 0 Å². The molecule has 2 saturated heterocycles. The van der Waals surface area contributed by atoms with Crippen LogP contribution < -0.4 is 5.32 Å². The topological polar surface area (TPSA) is 69.3 Å². The molecular formula is C13H18N4O. The molecule has 1 saturated carbocycles. The number of hydrogen-bond donors (Lipinski definition) is 1. The Labute approximate surface area is 107 Å². The number of nitrogens with zero attached hydrogens (tertiary/aromatic N) is 3. The van der Waals surface area contributed by atoms with Gasteiger partial charge in [0.05, 0.1) is 6.17 Å². The van der Waals surface area contributed by atoms with Gasteiger partial charge in [0.25, 0.3) is 5.91 Å². The molecule has 2 aliphatic heterocycles. The van der Waals surface area contributed by atoms with Crippen molar-refractivity contribution in [1.29, 1.82) is 5.26 Å². The fraction of sp³-hybridized carbons (Fsp3) is 0.692. The summed E-state index contributed by atoms with van der Waals surface area (Å²) in [4.78, 5) is 16.4. The summed E-state index contributed by atoms with van der Waals surface area (Å²) in [5.74, 6) is 0.397. The lowest BCUT2D eigenvalue weighted by Crippen LogP contribution is -2.50. The molecule has 3 aliphatic rings. The summed E-state index contributed by atoms with van der Waals surface area (Å²) in [5, 5.41) is 12.3. The standard InChI is InChI=1S/C13H18N4O/c14-8-11(7-10-1-2-10)13(18)17-5-3-16(4-6-17)12-9-15-12/h7,10,12,15H,1-6,9H2/b11-7+. The average molecular weight is 246 g/mol. The van der Waals surface area contributed by atoms with E-state index in [9.17, 15) is 4.79 Å². The molecule has 1 aliphatic carbocycles. The Balaban J connectivity index is 1.57. The van der Waals surface area contributed by atoms with Crippen LogP contribution in [0.1, 0.15) is 12.8 Å². The second-order valence-electron chi connectivity index (χ2n) is 5.28. The number of carbonyl (C=O) groups excluding carboxylic acids is 1. The van der Waals surface area contributed by atoms with E-state index in [4.69, 9.17) is 5.26 Å². The van der Waals surface area contributed by atoms with Gasteiger partial charge in [0.15, 0.2) is 0 Å². The van der Waals surface area contributed by atoms with Crippen LogP contribution in [0.2, 0.25) is 0 Å². The third-order valence-electron chi connectivity index (χ3n) is 3.80. The minimum absolute atomic E-state index is 0.0761.